The molecule has 38 heavy (non-hydrogen) atoms. The first-order chi connectivity index (χ1) is 18.4. The Morgan fingerprint density at radius 1 is 0.974 bits per heavy atom. The summed E-state index contributed by atoms with van der Waals surface area (Å²) >= 11 is 0. The monoisotopic (exact) mass is 515 g/mol. The molecule has 1 aliphatic heterocycles. The molecule has 9 heteroatoms. The second-order valence-electron chi connectivity index (χ2n) is 9.81. The van der Waals surface area contributed by atoms with Crippen LogP contribution in [-0.2, 0) is 6.54 Å². The van der Waals surface area contributed by atoms with Crippen molar-refractivity contribution in [2.45, 2.75) is 19.9 Å². The fraction of sp³-hybridized carbons (Fsp3) is 0.345. The molecule has 0 aliphatic carbocycles. The summed E-state index contributed by atoms with van der Waals surface area (Å²) in [4.78, 5) is 36.8. The Balaban J connectivity index is 1.39. The first-order valence-corrected chi connectivity index (χ1v) is 13.0. The largest absolute Gasteiger partial charge is 0.397 e. The predicted molar refractivity (Wildman–Crippen MR) is 152 cm³/mol. The molecule has 9 nitrogen and oxygen atoms in total. The van der Waals surface area contributed by atoms with E-state index in [1.807, 2.05) is 49.4 Å². The lowest BCUT2D eigenvalue weighted by Crippen LogP contribution is -2.45. The fourth-order valence-electron chi connectivity index (χ4n) is 4.32. The highest BCUT2D eigenvalue weighted by molar-refractivity contribution is 6.04. The van der Waals surface area contributed by atoms with Gasteiger partial charge < -0.3 is 31.1 Å². The number of urea groups is 1. The molecule has 0 atom stereocenters. The van der Waals surface area contributed by atoms with Crippen LogP contribution >= 0.6 is 0 Å². The number of carbonyl (C=O) groups excluding carboxylic acids is 2. The molecule has 1 aliphatic rings. The summed E-state index contributed by atoms with van der Waals surface area (Å²) in [6.45, 7) is 8.20. The van der Waals surface area contributed by atoms with E-state index in [0.717, 1.165) is 56.0 Å². The van der Waals surface area contributed by atoms with Crippen LogP contribution in [0.3, 0.4) is 0 Å². The predicted octanol–water partition coefficient (Wildman–Crippen LogP) is 3.90. The second-order valence-corrected chi connectivity index (χ2v) is 9.81. The number of carbonyl (C=O) groups is 2. The molecule has 0 radical (unpaired) electrons. The van der Waals surface area contributed by atoms with Crippen molar-refractivity contribution in [1.82, 2.24) is 19.7 Å². The van der Waals surface area contributed by atoms with Gasteiger partial charge >= 0.3 is 6.03 Å². The number of para-hydroxylation sites is 2. The molecule has 2 aromatic carbocycles. The maximum Gasteiger partial charge on any atom is 0.322 e. The lowest BCUT2D eigenvalue weighted by molar-refractivity contribution is 0.102. The van der Waals surface area contributed by atoms with Gasteiger partial charge in [-0.3, -0.25) is 9.78 Å². The number of nitrogen functional groups attached to an aromatic ring is 1. The van der Waals surface area contributed by atoms with Gasteiger partial charge in [0.2, 0.25) is 0 Å². The van der Waals surface area contributed by atoms with E-state index < -0.39 is 0 Å². The van der Waals surface area contributed by atoms with Gasteiger partial charge in [-0.05, 0) is 62.8 Å². The summed E-state index contributed by atoms with van der Waals surface area (Å²) < 4.78 is 0. The van der Waals surface area contributed by atoms with Crippen LogP contribution in [0.15, 0.2) is 66.9 Å². The lowest BCUT2D eigenvalue weighted by Gasteiger charge is -2.33. The molecule has 1 fully saturated rings. The van der Waals surface area contributed by atoms with Gasteiger partial charge in [0.1, 0.15) is 5.69 Å². The zero-order chi connectivity index (χ0) is 26.9. The molecular weight excluding hydrogens is 478 g/mol. The van der Waals surface area contributed by atoms with Gasteiger partial charge in [0.15, 0.2) is 0 Å². The third-order valence-corrected chi connectivity index (χ3v) is 6.73. The zero-order valence-corrected chi connectivity index (χ0v) is 22.2. The summed E-state index contributed by atoms with van der Waals surface area (Å²) in [5.41, 5.74) is 9.98. The Kier molecular flexibility index (Phi) is 9.29. The third-order valence-electron chi connectivity index (χ3n) is 6.73. The van der Waals surface area contributed by atoms with Crippen molar-refractivity contribution >= 4 is 29.0 Å². The number of rotatable bonds is 9. The van der Waals surface area contributed by atoms with Gasteiger partial charge in [0.25, 0.3) is 5.91 Å². The number of benzene rings is 2. The van der Waals surface area contributed by atoms with Gasteiger partial charge in [-0.2, -0.15) is 0 Å². The summed E-state index contributed by atoms with van der Waals surface area (Å²) in [7, 11) is 2.15. The van der Waals surface area contributed by atoms with Crippen LogP contribution < -0.4 is 16.4 Å². The van der Waals surface area contributed by atoms with Gasteiger partial charge in [-0.15, -0.1) is 0 Å². The highest BCUT2D eigenvalue weighted by atomic mass is 16.2. The summed E-state index contributed by atoms with van der Waals surface area (Å²) in [5, 5.41) is 5.81. The summed E-state index contributed by atoms with van der Waals surface area (Å²) in [6.07, 6.45) is 2.52. The minimum atomic E-state index is -0.337. The van der Waals surface area contributed by atoms with Crippen LogP contribution in [0.25, 0.3) is 0 Å². The Morgan fingerprint density at radius 2 is 1.71 bits per heavy atom. The van der Waals surface area contributed by atoms with E-state index >= 15 is 0 Å². The van der Waals surface area contributed by atoms with Gasteiger partial charge in [0.05, 0.1) is 11.4 Å². The number of aromatic nitrogens is 1. The number of nitrogens with two attached hydrogens (primary N) is 1. The average Bonchev–Trinajstić information content (AvgIpc) is 2.92. The standard InChI is InChI=1S/C29H37N7O2/c1-22-8-11-24(12-9-22)32-29(38)36(15-5-14-35-18-16-34(2)17-19-35)21-23-10-13-27(31-20-23)28(37)33-26-7-4-3-6-25(26)30/h3-4,6-13,20H,5,14-19,21,30H2,1-2H3,(H,32,38)(H,33,37). The van der Waals surface area contributed by atoms with E-state index in [9.17, 15) is 9.59 Å². The molecule has 0 bridgehead atoms. The number of anilines is 3. The number of hydrogen-bond donors (Lipinski definition) is 3. The Hall–Kier alpha value is -3.95. The van der Waals surface area contributed by atoms with Crippen LogP contribution in [0.1, 0.15) is 28.0 Å². The smallest absolute Gasteiger partial charge is 0.322 e. The molecule has 3 amide bonds. The van der Waals surface area contributed by atoms with Gasteiger partial charge in [-0.1, -0.05) is 35.9 Å². The lowest BCUT2D eigenvalue weighted by atomic mass is 10.2. The zero-order valence-electron chi connectivity index (χ0n) is 22.2. The van der Waals surface area contributed by atoms with E-state index in [4.69, 9.17) is 5.73 Å². The molecule has 0 saturated carbocycles. The molecule has 2 heterocycles. The fourth-order valence-corrected chi connectivity index (χ4v) is 4.32. The Bertz CT molecular complexity index is 1210. The topological polar surface area (TPSA) is 107 Å². The first kappa shape index (κ1) is 27.1. The number of amides is 3. The first-order valence-electron chi connectivity index (χ1n) is 13.0. The number of likely N-dealkylation sites (N-methyl/N-ethyl adjacent to an activating group) is 1. The van der Waals surface area contributed by atoms with Gasteiger partial charge in [-0.25, -0.2) is 4.79 Å². The van der Waals surface area contributed by atoms with E-state index in [1.54, 1.807) is 29.3 Å². The van der Waals surface area contributed by atoms with E-state index in [1.165, 1.54) is 0 Å². The molecule has 1 aromatic heterocycles. The van der Waals surface area contributed by atoms with Crippen LogP contribution in [0.2, 0.25) is 0 Å². The van der Waals surface area contributed by atoms with Crippen molar-refractivity contribution in [2.75, 3.05) is 62.7 Å². The maximum absolute atomic E-state index is 13.2. The van der Waals surface area contributed by atoms with Crippen molar-refractivity contribution in [1.29, 1.82) is 0 Å². The van der Waals surface area contributed by atoms with Crippen molar-refractivity contribution in [3.05, 3.63) is 83.7 Å². The number of aryl methyl sites for hydroxylation is 1. The van der Waals surface area contributed by atoms with Gasteiger partial charge in [0, 0.05) is 51.2 Å². The van der Waals surface area contributed by atoms with E-state index in [-0.39, 0.29) is 17.6 Å². The highest BCUT2D eigenvalue weighted by Crippen LogP contribution is 2.18. The van der Waals surface area contributed by atoms with Crippen LogP contribution in [-0.4, -0.2) is 77.9 Å². The number of piperazine rings is 1. The second kappa shape index (κ2) is 13.0. The SMILES string of the molecule is Cc1ccc(NC(=O)N(CCCN2CCN(C)CC2)Cc2ccc(C(=O)Nc3ccccc3N)nc2)cc1. The molecule has 0 spiro atoms. The Labute approximate surface area is 224 Å². The highest BCUT2D eigenvalue weighted by Gasteiger charge is 2.18. The van der Waals surface area contributed by atoms with E-state index in [0.29, 0.717) is 24.5 Å². The number of nitrogens with one attached hydrogen (secondary N) is 2. The Morgan fingerprint density at radius 3 is 2.39 bits per heavy atom. The minimum absolute atomic E-state index is 0.159. The number of pyridine rings is 1. The minimum Gasteiger partial charge on any atom is -0.397 e. The quantitative estimate of drug-likeness (QED) is 0.373. The molecule has 200 valence electrons. The number of nitrogens with zero attached hydrogens (tertiary/aromatic N) is 4. The maximum atomic E-state index is 13.2. The molecule has 4 rings (SSSR count). The summed E-state index contributed by atoms with van der Waals surface area (Å²) in [5.74, 6) is -0.337. The molecule has 4 N–H and O–H groups in total. The van der Waals surface area contributed by atoms with Crippen LogP contribution in [0, 0.1) is 6.92 Å². The molecule has 0 unspecified atom stereocenters. The van der Waals surface area contributed by atoms with E-state index in [2.05, 4.69) is 32.5 Å². The van der Waals surface area contributed by atoms with Crippen LogP contribution in [0.5, 0.6) is 0 Å². The van der Waals surface area contributed by atoms with Crippen molar-refractivity contribution in [2.24, 2.45) is 0 Å². The van der Waals surface area contributed by atoms with Crippen molar-refractivity contribution < 1.29 is 9.59 Å². The average molecular weight is 516 g/mol. The van der Waals surface area contributed by atoms with Crippen molar-refractivity contribution in [3.8, 4) is 0 Å². The molecular formula is C29H37N7O2. The van der Waals surface area contributed by atoms with Crippen LogP contribution in [0.4, 0.5) is 21.9 Å². The normalized spacial score (nSPS) is 14.2. The van der Waals surface area contributed by atoms with Crippen molar-refractivity contribution in [3.63, 3.8) is 0 Å². The molecule has 3 aromatic rings. The third kappa shape index (κ3) is 7.77. The summed E-state index contributed by atoms with van der Waals surface area (Å²) in [6, 6.07) is 18.2. The number of hydrogen-bond acceptors (Lipinski definition) is 6. The molecule has 1 saturated heterocycles.